The zero-order valence-electron chi connectivity index (χ0n) is 9.82. The highest BCUT2D eigenvalue weighted by Crippen LogP contribution is 2.29. The minimum absolute atomic E-state index is 0.0563. The van der Waals surface area contributed by atoms with Crippen LogP contribution in [0.25, 0.3) is 0 Å². The molecular weight excluding hydrogens is 238 g/mol. The molecule has 0 spiro atoms. The van der Waals surface area contributed by atoms with Gasteiger partial charge in [0.2, 0.25) is 0 Å². The van der Waals surface area contributed by atoms with Crippen LogP contribution < -0.4 is 5.73 Å². The minimum Gasteiger partial charge on any atom is -0.397 e. The molecule has 1 aromatic heterocycles. The zero-order chi connectivity index (χ0) is 12.4. The fourth-order valence-corrected chi connectivity index (χ4v) is 2.03. The predicted octanol–water partition coefficient (Wildman–Crippen LogP) is 2.33. The van der Waals surface area contributed by atoms with Crippen LogP contribution in [-0.2, 0) is 0 Å². The Bertz CT molecular complexity index is 432. The summed E-state index contributed by atoms with van der Waals surface area (Å²) >= 11 is 5.95. The number of amides is 1. The van der Waals surface area contributed by atoms with Gasteiger partial charge in [0.1, 0.15) is 5.15 Å². The summed E-state index contributed by atoms with van der Waals surface area (Å²) in [4.78, 5) is 18.1. The highest BCUT2D eigenvalue weighted by Gasteiger charge is 2.33. The summed E-state index contributed by atoms with van der Waals surface area (Å²) in [7, 11) is 0. The van der Waals surface area contributed by atoms with Gasteiger partial charge in [-0.25, -0.2) is 4.98 Å². The summed E-state index contributed by atoms with van der Waals surface area (Å²) in [5, 5.41) is 0.228. The predicted molar refractivity (Wildman–Crippen MR) is 68.0 cm³/mol. The lowest BCUT2D eigenvalue weighted by molar-refractivity contribution is 0.0743. The van der Waals surface area contributed by atoms with Crippen LogP contribution >= 0.6 is 11.6 Å². The molecule has 4 nitrogen and oxygen atoms in total. The number of aromatic nitrogens is 1. The average Bonchev–Trinajstić information content (AvgIpc) is 3.12. The lowest BCUT2D eigenvalue weighted by Crippen LogP contribution is -2.34. The van der Waals surface area contributed by atoms with Gasteiger partial charge in [-0.15, -0.1) is 0 Å². The molecule has 0 bridgehead atoms. The second kappa shape index (κ2) is 4.92. The summed E-state index contributed by atoms with van der Waals surface area (Å²) in [6, 6.07) is 1.97. The number of nitrogen functional groups attached to an aromatic ring is 1. The van der Waals surface area contributed by atoms with Crippen LogP contribution in [0, 0.1) is 0 Å². The highest BCUT2D eigenvalue weighted by molar-refractivity contribution is 6.32. The Labute approximate surface area is 106 Å². The number of halogens is 1. The fraction of sp³-hybridized carbons (Fsp3) is 0.500. The molecule has 1 aromatic rings. The first-order chi connectivity index (χ1) is 8.13. The van der Waals surface area contributed by atoms with Gasteiger partial charge in [0.05, 0.1) is 17.4 Å². The van der Waals surface area contributed by atoms with E-state index in [4.69, 9.17) is 17.3 Å². The topological polar surface area (TPSA) is 59.2 Å². The van der Waals surface area contributed by atoms with Crippen molar-refractivity contribution < 1.29 is 4.79 Å². The SMILES string of the molecule is CCCN(C(=O)c1cc(N)cnc1Cl)C1CC1. The van der Waals surface area contributed by atoms with E-state index in [0.717, 1.165) is 25.8 Å². The van der Waals surface area contributed by atoms with Crippen LogP contribution in [0.4, 0.5) is 5.69 Å². The van der Waals surface area contributed by atoms with Crippen LogP contribution in [0.1, 0.15) is 36.5 Å². The Morgan fingerprint density at radius 1 is 1.65 bits per heavy atom. The third-order valence-electron chi connectivity index (χ3n) is 2.80. The van der Waals surface area contributed by atoms with Crippen molar-refractivity contribution in [1.82, 2.24) is 9.88 Å². The number of pyridine rings is 1. The van der Waals surface area contributed by atoms with Crippen LogP contribution in [-0.4, -0.2) is 28.4 Å². The molecule has 0 saturated heterocycles. The van der Waals surface area contributed by atoms with Gasteiger partial charge in [0.15, 0.2) is 0 Å². The monoisotopic (exact) mass is 253 g/mol. The number of nitrogens with two attached hydrogens (primary N) is 1. The Hall–Kier alpha value is -1.29. The molecule has 1 heterocycles. The molecule has 0 atom stereocenters. The number of carbonyl (C=O) groups is 1. The van der Waals surface area contributed by atoms with E-state index < -0.39 is 0 Å². The molecule has 5 heteroatoms. The lowest BCUT2D eigenvalue weighted by atomic mass is 10.2. The first kappa shape index (κ1) is 12.2. The van der Waals surface area contributed by atoms with Crippen LogP contribution in [0.15, 0.2) is 12.3 Å². The summed E-state index contributed by atoms with van der Waals surface area (Å²) in [5.74, 6) is -0.0563. The second-order valence-electron chi connectivity index (χ2n) is 4.34. The van der Waals surface area contributed by atoms with Crippen molar-refractivity contribution >= 4 is 23.2 Å². The van der Waals surface area contributed by atoms with Crippen LogP contribution in [0.3, 0.4) is 0 Å². The van der Waals surface area contributed by atoms with E-state index >= 15 is 0 Å². The minimum atomic E-state index is -0.0563. The number of hydrogen-bond acceptors (Lipinski definition) is 3. The van der Waals surface area contributed by atoms with E-state index in [-0.39, 0.29) is 11.1 Å². The Balaban J connectivity index is 2.24. The van der Waals surface area contributed by atoms with Gasteiger partial charge in [0, 0.05) is 12.6 Å². The zero-order valence-corrected chi connectivity index (χ0v) is 10.6. The van der Waals surface area contributed by atoms with Crippen molar-refractivity contribution in [2.45, 2.75) is 32.2 Å². The van der Waals surface area contributed by atoms with E-state index in [1.807, 2.05) is 4.90 Å². The van der Waals surface area contributed by atoms with E-state index in [1.54, 1.807) is 6.07 Å². The van der Waals surface area contributed by atoms with Crippen molar-refractivity contribution in [3.8, 4) is 0 Å². The maximum Gasteiger partial charge on any atom is 0.257 e. The summed E-state index contributed by atoms with van der Waals surface area (Å²) in [6.07, 6.45) is 4.56. The largest absolute Gasteiger partial charge is 0.397 e. The maximum absolute atomic E-state index is 12.3. The Morgan fingerprint density at radius 3 is 2.94 bits per heavy atom. The first-order valence-corrected chi connectivity index (χ1v) is 6.23. The number of carbonyl (C=O) groups excluding carboxylic acids is 1. The Kier molecular flexibility index (Phi) is 3.52. The molecule has 2 rings (SSSR count). The van der Waals surface area contributed by atoms with Crippen LogP contribution in [0.2, 0.25) is 5.15 Å². The van der Waals surface area contributed by atoms with Gasteiger partial charge in [-0.1, -0.05) is 18.5 Å². The quantitative estimate of drug-likeness (QED) is 0.838. The number of nitrogens with zero attached hydrogens (tertiary/aromatic N) is 2. The van der Waals surface area contributed by atoms with E-state index in [9.17, 15) is 4.79 Å². The van der Waals surface area contributed by atoms with Crippen molar-refractivity contribution in [3.05, 3.63) is 23.0 Å². The number of rotatable bonds is 4. The molecule has 17 heavy (non-hydrogen) atoms. The third-order valence-corrected chi connectivity index (χ3v) is 3.10. The molecule has 92 valence electrons. The van der Waals surface area contributed by atoms with Gasteiger partial charge in [0.25, 0.3) is 5.91 Å². The molecule has 0 aromatic carbocycles. The molecule has 0 unspecified atom stereocenters. The molecule has 1 saturated carbocycles. The summed E-state index contributed by atoms with van der Waals surface area (Å²) in [6.45, 7) is 2.82. The maximum atomic E-state index is 12.3. The molecule has 1 amide bonds. The number of hydrogen-bond donors (Lipinski definition) is 1. The van der Waals surface area contributed by atoms with Gasteiger partial charge < -0.3 is 10.6 Å². The highest BCUT2D eigenvalue weighted by atomic mass is 35.5. The van der Waals surface area contributed by atoms with Gasteiger partial charge in [-0.05, 0) is 25.3 Å². The number of anilines is 1. The Morgan fingerprint density at radius 2 is 2.35 bits per heavy atom. The third kappa shape index (κ3) is 2.69. The molecular formula is C12H16ClN3O. The van der Waals surface area contributed by atoms with Gasteiger partial charge in [-0.2, -0.15) is 0 Å². The van der Waals surface area contributed by atoms with Gasteiger partial charge >= 0.3 is 0 Å². The van der Waals surface area contributed by atoms with Crippen molar-refractivity contribution in [3.63, 3.8) is 0 Å². The average molecular weight is 254 g/mol. The fourth-order valence-electron chi connectivity index (χ4n) is 1.85. The molecule has 0 aliphatic heterocycles. The lowest BCUT2D eigenvalue weighted by Gasteiger charge is -2.22. The standard InChI is InChI=1S/C12H16ClN3O/c1-2-5-16(9-3-4-9)12(17)10-6-8(14)7-15-11(10)13/h6-7,9H,2-5,14H2,1H3. The first-order valence-electron chi connectivity index (χ1n) is 5.85. The van der Waals surface area contributed by atoms with E-state index in [2.05, 4.69) is 11.9 Å². The summed E-state index contributed by atoms with van der Waals surface area (Å²) < 4.78 is 0. The van der Waals surface area contributed by atoms with E-state index in [1.165, 1.54) is 6.20 Å². The second-order valence-corrected chi connectivity index (χ2v) is 4.69. The van der Waals surface area contributed by atoms with Crippen molar-refractivity contribution in [1.29, 1.82) is 0 Å². The van der Waals surface area contributed by atoms with Crippen molar-refractivity contribution in [2.24, 2.45) is 0 Å². The van der Waals surface area contributed by atoms with Gasteiger partial charge in [-0.3, -0.25) is 4.79 Å². The molecule has 1 aliphatic rings. The smallest absolute Gasteiger partial charge is 0.257 e. The summed E-state index contributed by atoms with van der Waals surface area (Å²) in [5.41, 5.74) is 6.51. The van der Waals surface area contributed by atoms with Crippen molar-refractivity contribution in [2.75, 3.05) is 12.3 Å². The van der Waals surface area contributed by atoms with Crippen LogP contribution in [0.5, 0.6) is 0 Å². The molecule has 0 radical (unpaired) electrons. The normalized spacial score (nSPS) is 14.7. The molecule has 2 N–H and O–H groups in total. The molecule has 1 aliphatic carbocycles. The molecule has 1 fully saturated rings. The van der Waals surface area contributed by atoms with E-state index in [0.29, 0.717) is 17.3 Å².